The van der Waals surface area contributed by atoms with Gasteiger partial charge in [-0.1, -0.05) is 0 Å². The van der Waals surface area contributed by atoms with Gasteiger partial charge in [-0.25, -0.2) is 4.98 Å². The SMILES string of the molecule is COc1ccc(NC(=O)c2ccc3c(c2)nc(-c2ccc(Oc4ccc(OC)cc4)cc2)n3[C@@H](CCCNC(=N)N)C(N)=O)cc1. The van der Waals surface area contributed by atoms with Crippen molar-refractivity contribution < 1.29 is 23.8 Å². The number of hydrogen-bond donors (Lipinski definition) is 5. The Bertz CT molecular complexity index is 1840. The number of aromatic nitrogens is 2. The number of nitrogens with two attached hydrogens (primary N) is 2. The summed E-state index contributed by atoms with van der Waals surface area (Å²) in [4.78, 5) is 30.9. The van der Waals surface area contributed by atoms with E-state index in [2.05, 4.69) is 10.6 Å². The molecule has 5 aromatic rings. The second-order valence-corrected chi connectivity index (χ2v) is 10.4. The van der Waals surface area contributed by atoms with Crippen LogP contribution in [-0.4, -0.2) is 48.1 Å². The van der Waals surface area contributed by atoms with Gasteiger partial charge in [-0.05, 0) is 104 Å². The minimum Gasteiger partial charge on any atom is -0.497 e. The molecule has 12 heteroatoms. The number of nitrogens with one attached hydrogen (secondary N) is 3. The summed E-state index contributed by atoms with van der Waals surface area (Å²) in [5.74, 6) is 2.16. The van der Waals surface area contributed by atoms with Gasteiger partial charge in [-0.15, -0.1) is 0 Å². The Kier molecular flexibility index (Phi) is 9.66. The molecule has 0 bridgehead atoms. The molecule has 0 unspecified atom stereocenters. The first kappa shape index (κ1) is 31.4. The second-order valence-electron chi connectivity index (χ2n) is 10.4. The fraction of sp³-hybridized carbons (Fsp3) is 0.176. The fourth-order valence-corrected chi connectivity index (χ4v) is 5.01. The molecule has 0 aliphatic rings. The van der Waals surface area contributed by atoms with Crippen molar-refractivity contribution in [3.8, 4) is 34.4 Å². The van der Waals surface area contributed by atoms with Crippen LogP contribution in [-0.2, 0) is 4.79 Å². The molecular formula is C34H35N7O5. The van der Waals surface area contributed by atoms with E-state index in [1.54, 1.807) is 61.3 Å². The van der Waals surface area contributed by atoms with Gasteiger partial charge in [0.15, 0.2) is 5.96 Å². The summed E-state index contributed by atoms with van der Waals surface area (Å²) < 4.78 is 18.2. The molecule has 2 amide bonds. The lowest BCUT2D eigenvalue weighted by Crippen LogP contribution is -2.32. The number of hydrogen-bond acceptors (Lipinski definition) is 7. The highest BCUT2D eigenvalue weighted by Gasteiger charge is 2.25. The molecule has 1 aromatic heterocycles. The van der Waals surface area contributed by atoms with Crippen molar-refractivity contribution in [1.29, 1.82) is 5.41 Å². The first-order valence-electron chi connectivity index (χ1n) is 14.5. The van der Waals surface area contributed by atoms with E-state index < -0.39 is 11.9 Å². The number of methoxy groups -OCH3 is 2. The molecule has 0 radical (unpaired) electrons. The zero-order valence-electron chi connectivity index (χ0n) is 25.4. The van der Waals surface area contributed by atoms with Gasteiger partial charge in [0.05, 0.1) is 25.3 Å². The molecule has 4 aromatic carbocycles. The number of anilines is 1. The van der Waals surface area contributed by atoms with Crippen molar-refractivity contribution in [2.75, 3.05) is 26.1 Å². The fourth-order valence-electron chi connectivity index (χ4n) is 5.01. The van der Waals surface area contributed by atoms with Crippen molar-refractivity contribution in [3.05, 3.63) is 96.6 Å². The largest absolute Gasteiger partial charge is 0.497 e. The lowest BCUT2D eigenvalue weighted by atomic mass is 10.1. The van der Waals surface area contributed by atoms with Gasteiger partial charge < -0.3 is 40.9 Å². The molecule has 0 spiro atoms. The third-order valence-electron chi connectivity index (χ3n) is 7.32. The van der Waals surface area contributed by atoms with Crippen LogP contribution in [0, 0.1) is 5.41 Å². The van der Waals surface area contributed by atoms with Crippen LogP contribution < -0.4 is 36.3 Å². The van der Waals surface area contributed by atoms with Gasteiger partial charge in [0.2, 0.25) is 5.91 Å². The number of carbonyl (C=O) groups excluding carboxylic acids is 2. The monoisotopic (exact) mass is 621 g/mol. The minimum atomic E-state index is -0.761. The topological polar surface area (TPSA) is 180 Å². The highest BCUT2D eigenvalue weighted by Crippen LogP contribution is 2.33. The second kappa shape index (κ2) is 14.2. The van der Waals surface area contributed by atoms with Crippen LogP contribution in [0.2, 0.25) is 0 Å². The molecule has 0 fully saturated rings. The standard InChI is InChI=1S/C34H35N7O5/c1-44-24-12-8-23(9-13-24)39-33(43)22-7-18-29-28(20-22)40-32(41(29)30(31(35)42)4-3-19-38-34(36)37)21-5-10-26(11-6-21)46-27-16-14-25(45-2)15-17-27/h5-18,20,30H,3-4,19H2,1-2H3,(H2,35,42)(H,39,43)(H4,36,37,38)/t30-/m0/s1. The first-order chi connectivity index (χ1) is 22.2. The van der Waals surface area contributed by atoms with Crippen LogP contribution in [0.3, 0.4) is 0 Å². The number of carbonyl (C=O) groups is 2. The Morgan fingerprint density at radius 1 is 0.848 bits per heavy atom. The van der Waals surface area contributed by atoms with Gasteiger partial charge in [0.25, 0.3) is 5.91 Å². The Morgan fingerprint density at radius 3 is 2.02 bits per heavy atom. The number of fused-ring (bicyclic) bond motifs is 1. The van der Waals surface area contributed by atoms with Gasteiger partial charge in [-0.3, -0.25) is 15.0 Å². The predicted octanol–water partition coefficient (Wildman–Crippen LogP) is 5.05. The summed E-state index contributed by atoms with van der Waals surface area (Å²) in [6.07, 6.45) is 0.885. The Balaban J connectivity index is 1.48. The van der Waals surface area contributed by atoms with Gasteiger partial charge in [-0.2, -0.15) is 0 Å². The molecule has 12 nitrogen and oxygen atoms in total. The molecule has 7 N–H and O–H groups in total. The van der Waals surface area contributed by atoms with E-state index in [0.717, 1.165) is 11.3 Å². The summed E-state index contributed by atoms with van der Waals surface area (Å²) in [5, 5.41) is 13.1. The molecule has 0 saturated carbocycles. The Morgan fingerprint density at radius 2 is 1.43 bits per heavy atom. The molecule has 236 valence electrons. The number of amides is 2. The lowest BCUT2D eigenvalue weighted by molar-refractivity contribution is -0.121. The van der Waals surface area contributed by atoms with Crippen molar-refractivity contribution in [2.45, 2.75) is 18.9 Å². The van der Waals surface area contributed by atoms with E-state index in [4.69, 9.17) is 36.1 Å². The molecule has 1 heterocycles. The number of imidazole rings is 1. The lowest BCUT2D eigenvalue weighted by Gasteiger charge is -2.19. The Labute approximate surface area is 265 Å². The smallest absolute Gasteiger partial charge is 0.255 e. The average Bonchev–Trinajstić information content (AvgIpc) is 3.44. The van der Waals surface area contributed by atoms with Gasteiger partial charge in [0, 0.05) is 23.4 Å². The highest BCUT2D eigenvalue weighted by molar-refractivity contribution is 6.06. The van der Waals surface area contributed by atoms with Crippen LogP contribution in [0.25, 0.3) is 22.4 Å². The first-order valence-corrected chi connectivity index (χ1v) is 14.5. The number of nitrogens with zero attached hydrogens (tertiary/aromatic N) is 2. The number of rotatable bonds is 13. The number of ether oxygens (including phenoxy) is 3. The molecule has 0 aliphatic heterocycles. The molecule has 0 saturated heterocycles. The van der Waals surface area contributed by atoms with E-state index in [-0.39, 0.29) is 11.9 Å². The normalized spacial score (nSPS) is 11.4. The summed E-state index contributed by atoms with van der Waals surface area (Å²) >= 11 is 0. The summed E-state index contributed by atoms with van der Waals surface area (Å²) in [6.45, 7) is 0.397. The average molecular weight is 622 g/mol. The molecule has 46 heavy (non-hydrogen) atoms. The quantitative estimate of drug-likeness (QED) is 0.0688. The molecular weight excluding hydrogens is 586 g/mol. The van der Waals surface area contributed by atoms with Crippen LogP contribution in [0.1, 0.15) is 29.2 Å². The van der Waals surface area contributed by atoms with Crippen LogP contribution in [0.4, 0.5) is 5.69 Å². The van der Waals surface area contributed by atoms with Crippen molar-refractivity contribution in [3.63, 3.8) is 0 Å². The maximum Gasteiger partial charge on any atom is 0.255 e. The van der Waals surface area contributed by atoms with Crippen molar-refractivity contribution >= 4 is 34.5 Å². The zero-order valence-corrected chi connectivity index (χ0v) is 25.4. The summed E-state index contributed by atoms with van der Waals surface area (Å²) in [7, 11) is 3.18. The van der Waals surface area contributed by atoms with Gasteiger partial charge in [0.1, 0.15) is 34.9 Å². The minimum absolute atomic E-state index is 0.151. The maximum atomic E-state index is 13.2. The predicted molar refractivity (Wildman–Crippen MR) is 177 cm³/mol. The molecule has 1 atom stereocenters. The Hall–Kier alpha value is -6.04. The van der Waals surface area contributed by atoms with E-state index >= 15 is 0 Å². The maximum absolute atomic E-state index is 13.2. The van der Waals surface area contributed by atoms with Crippen LogP contribution in [0.5, 0.6) is 23.0 Å². The van der Waals surface area contributed by atoms with Crippen LogP contribution in [0.15, 0.2) is 91.0 Å². The summed E-state index contributed by atoms with van der Waals surface area (Å²) in [6, 6.07) is 26.0. The highest BCUT2D eigenvalue weighted by atomic mass is 16.5. The number of benzene rings is 4. The number of guanidine groups is 1. The van der Waals surface area contributed by atoms with Crippen molar-refractivity contribution in [2.24, 2.45) is 11.5 Å². The molecule has 5 rings (SSSR count). The van der Waals surface area contributed by atoms with E-state index in [1.807, 2.05) is 48.5 Å². The third kappa shape index (κ3) is 7.36. The number of primary amides is 1. The van der Waals surface area contributed by atoms with Gasteiger partial charge >= 0.3 is 0 Å². The zero-order chi connectivity index (χ0) is 32.6. The van der Waals surface area contributed by atoms with Crippen molar-refractivity contribution in [1.82, 2.24) is 14.9 Å². The molecule has 0 aliphatic carbocycles. The van der Waals surface area contributed by atoms with E-state index in [9.17, 15) is 9.59 Å². The summed E-state index contributed by atoms with van der Waals surface area (Å²) in [5.41, 5.74) is 14.2. The third-order valence-corrected chi connectivity index (χ3v) is 7.32. The van der Waals surface area contributed by atoms with E-state index in [1.165, 1.54) is 0 Å². The van der Waals surface area contributed by atoms with Crippen LogP contribution >= 0.6 is 0 Å². The van der Waals surface area contributed by atoms with E-state index in [0.29, 0.717) is 64.7 Å².